The van der Waals surface area contributed by atoms with E-state index in [0.29, 0.717) is 19.1 Å². The van der Waals surface area contributed by atoms with Crippen LogP contribution in [0.5, 0.6) is 0 Å². The first-order chi connectivity index (χ1) is 9.03. The Morgan fingerprint density at radius 2 is 1.58 bits per heavy atom. The van der Waals surface area contributed by atoms with Crippen molar-refractivity contribution in [2.75, 3.05) is 45.8 Å². The second-order valence-electron chi connectivity index (χ2n) is 5.67. The number of likely N-dealkylation sites (tertiary alicyclic amines) is 2. The molecule has 1 N–H and O–H groups in total. The molecule has 0 aliphatic carbocycles. The molecule has 2 aliphatic heterocycles. The van der Waals surface area contributed by atoms with Crippen molar-refractivity contribution < 1.29 is 13.2 Å². The van der Waals surface area contributed by atoms with E-state index in [1.807, 2.05) is 0 Å². The Balaban J connectivity index is 1.55. The minimum atomic E-state index is -4.06. The van der Waals surface area contributed by atoms with Crippen molar-refractivity contribution in [3.63, 3.8) is 0 Å². The van der Waals surface area contributed by atoms with Gasteiger partial charge in [-0.25, -0.2) is 0 Å². The lowest BCUT2D eigenvalue weighted by atomic mass is 10.1. The van der Waals surface area contributed by atoms with Gasteiger partial charge in [-0.05, 0) is 51.9 Å². The normalized spacial score (nSPS) is 24.2. The molecule has 0 atom stereocenters. The minimum Gasteiger partial charge on any atom is -0.313 e. The van der Waals surface area contributed by atoms with E-state index >= 15 is 0 Å². The highest BCUT2D eigenvalue weighted by Gasteiger charge is 2.32. The number of nitrogens with zero attached hydrogens (tertiary/aromatic N) is 2. The second kappa shape index (κ2) is 6.90. The molecule has 0 aromatic heterocycles. The molecule has 2 saturated heterocycles. The minimum absolute atomic E-state index is 0.395. The smallest absolute Gasteiger partial charge is 0.313 e. The van der Waals surface area contributed by atoms with Crippen molar-refractivity contribution in [1.29, 1.82) is 0 Å². The highest BCUT2D eigenvalue weighted by molar-refractivity contribution is 4.79. The fourth-order valence-corrected chi connectivity index (χ4v) is 2.98. The average Bonchev–Trinajstić information content (AvgIpc) is 2.82. The number of halogens is 3. The molecule has 0 aromatic carbocycles. The van der Waals surface area contributed by atoms with E-state index in [4.69, 9.17) is 0 Å². The number of alkyl halides is 3. The quantitative estimate of drug-likeness (QED) is 0.826. The van der Waals surface area contributed by atoms with Crippen LogP contribution in [-0.2, 0) is 0 Å². The van der Waals surface area contributed by atoms with Crippen LogP contribution in [0.2, 0.25) is 0 Å². The molecule has 0 saturated carbocycles. The Labute approximate surface area is 113 Å². The van der Waals surface area contributed by atoms with Crippen LogP contribution in [0.3, 0.4) is 0 Å². The van der Waals surface area contributed by atoms with E-state index in [9.17, 15) is 13.2 Å². The molecule has 0 spiro atoms. The molecule has 3 nitrogen and oxygen atoms in total. The van der Waals surface area contributed by atoms with Gasteiger partial charge >= 0.3 is 6.18 Å². The molecule has 2 heterocycles. The fraction of sp³-hybridized carbons (Fsp3) is 1.00. The zero-order valence-corrected chi connectivity index (χ0v) is 11.4. The highest BCUT2D eigenvalue weighted by atomic mass is 19.4. The highest BCUT2D eigenvalue weighted by Crippen LogP contribution is 2.19. The molecule has 0 amide bonds. The molecule has 2 aliphatic rings. The molecular weight excluding hydrogens is 255 g/mol. The maximum Gasteiger partial charge on any atom is 0.401 e. The van der Waals surface area contributed by atoms with Gasteiger partial charge in [-0.3, -0.25) is 4.90 Å². The number of rotatable bonds is 5. The number of piperidine rings is 1. The zero-order chi connectivity index (χ0) is 13.7. The molecule has 0 bridgehead atoms. The summed E-state index contributed by atoms with van der Waals surface area (Å²) in [6, 6.07) is 0.395. The number of hydrogen-bond acceptors (Lipinski definition) is 3. The third kappa shape index (κ3) is 5.67. The van der Waals surface area contributed by atoms with Crippen LogP contribution in [0.1, 0.15) is 25.7 Å². The Kier molecular flexibility index (Phi) is 5.47. The van der Waals surface area contributed by atoms with E-state index in [2.05, 4.69) is 10.2 Å². The fourth-order valence-electron chi connectivity index (χ4n) is 2.98. The summed E-state index contributed by atoms with van der Waals surface area (Å²) in [5, 5.41) is 3.48. The topological polar surface area (TPSA) is 18.5 Å². The van der Waals surface area contributed by atoms with E-state index in [-0.39, 0.29) is 0 Å². The lowest BCUT2D eigenvalue weighted by Crippen LogP contribution is -2.46. The SMILES string of the molecule is FC(F)(F)CN1CCC(NCCN2CCCC2)CC1. The molecule has 2 fully saturated rings. The van der Waals surface area contributed by atoms with Gasteiger partial charge in [0.25, 0.3) is 0 Å². The first-order valence-electron chi connectivity index (χ1n) is 7.28. The van der Waals surface area contributed by atoms with Crippen molar-refractivity contribution in [2.24, 2.45) is 0 Å². The Morgan fingerprint density at radius 1 is 0.947 bits per heavy atom. The summed E-state index contributed by atoms with van der Waals surface area (Å²) in [4.78, 5) is 3.96. The van der Waals surface area contributed by atoms with Crippen LogP contribution >= 0.6 is 0 Å². The average molecular weight is 279 g/mol. The van der Waals surface area contributed by atoms with Gasteiger partial charge in [-0.15, -0.1) is 0 Å². The van der Waals surface area contributed by atoms with Crippen molar-refractivity contribution in [1.82, 2.24) is 15.1 Å². The Hall–Kier alpha value is -0.330. The molecule has 0 aromatic rings. The molecule has 19 heavy (non-hydrogen) atoms. The van der Waals surface area contributed by atoms with Gasteiger partial charge < -0.3 is 10.2 Å². The third-order valence-corrected chi connectivity index (χ3v) is 4.05. The van der Waals surface area contributed by atoms with Crippen LogP contribution in [0.25, 0.3) is 0 Å². The largest absolute Gasteiger partial charge is 0.401 e. The van der Waals surface area contributed by atoms with Crippen molar-refractivity contribution in [3.05, 3.63) is 0 Å². The lowest BCUT2D eigenvalue weighted by Gasteiger charge is -2.33. The van der Waals surface area contributed by atoms with Crippen LogP contribution in [0.15, 0.2) is 0 Å². The van der Waals surface area contributed by atoms with E-state index < -0.39 is 12.7 Å². The van der Waals surface area contributed by atoms with Gasteiger partial charge in [0.1, 0.15) is 0 Å². The summed E-state index contributed by atoms with van der Waals surface area (Å²) in [6.45, 7) is 4.79. The molecule has 2 rings (SSSR count). The van der Waals surface area contributed by atoms with Gasteiger partial charge in [-0.2, -0.15) is 13.2 Å². The molecule has 6 heteroatoms. The monoisotopic (exact) mass is 279 g/mol. The second-order valence-corrected chi connectivity index (χ2v) is 5.67. The van der Waals surface area contributed by atoms with Crippen LogP contribution < -0.4 is 5.32 Å². The zero-order valence-electron chi connectivity index (χ0n) is 11.4. The van der Waals surface area contributed by atoms with E-state index in [0.717, 1.165) is 25.9 Å². The van der Waals surface area contributed by atoms with Gasteiger partial charge in [0.2, 0.25) is 0 Å². The van der Waals surface area contributed by atoms with Crippen molar-refractivity contribution in [3.8, 4) is 0 Å². The predicted octanol–water partition coefficient (Wildman–Crippen LogP) is 1.70. The van der Waals surface area contributed by atoms with Gasteiger partial charge in [0.05, 0.1) is 6.54 Å². The van der Waals surface area contributed by atoms with Crippen LogP contribution in [-0.4, -0.2) is 67.8 Å². The number of hydrogen-bond donors (Lipinski definition) is 1. The molecule has 0 radical (unpaired) electrons. The van der Waals surface area contributed by atoms with Crippen LogP contribution in [0.4, 0.5) is 13.2 Å². The Bertz CT molecular complexity index is 256. The molecular formula is C13H24F3N3. The van der Waals surface area contributed by atoms with Gasteiger partial charge in [0, 0.05) is 19.1 Å². The summed E-state index contributed by atoms with van der Waals surface area (Å²) in [5.74, 6) is 0. The standard InChI is InChI=1S/C13H24F3N3/c14-13(15,16)11-19-8-3-12(4-9-19)17-5-10-18-6-1-2-7-18/h12,17H,1-11H2. The summed E-state index contributed by atoms with van der Waals surface area (Å²) >= 11 is 0. The lowest BCUT2D eigenvalue weighted by molar-refractivity contribution is -0.148. The van der Waals surface area contributed by atoms with E-state index in [1.165, 1.54) is 30.8 Å². The van der Waals surface area contributed by atoms with Gasteiger partial charge in [0.15, 0.2) is 0 Å². The summed E-state index contributed by atoms with van der Waals surface area (Å²) in [6.07, 6.45) is 0.202. The summed E-state index contributed by atoms with van der Waals surface area (Å²) in [7, 11) is 0. The van der Waals surface area contributed by atoms with Gasteiger partial charge in [-0.1, -0.05) is 0 Å². The van der Waals surface area contributed by atoms with Crippen molar-refractivity contribution in [2.45, 2.75) is 37.9 Å². The summed E-state index contributed by atoms with van der Waals surface area (Å²) in [5.41, 5.74) is 0. The maximum atomic E-state index is 12.2. The van der Waals surface area contributed by atoms with Crippen molar-refractivity contribution >= 4 is 0 Å². The molecule has 0 unspecified atom stereocenters. The van der Waals surface area contributed by atoms with E-state index in [1.54, 1.807) is 0 Å². The molecule has 112 valence electrons. The third-order valence-electron chi connectivity index (χ3n) is 4.05. The number of nitrogens with one attached hydrogen (secondary N) is 1. The predicted molar refractivity (Wildman–Crippen MR) is 69.2 cm³/mol. The first-order valence-corrected chi connectivity index (χ1v) is 7.28. The van der Waals surface area contributed by atoms with Crippen LogP contribution in [0, 0.1) is 0 Å². The Morgan fingerprint density at radius 3 is 2.16 bits per heavy atom. The first kappa shape index (κ1) is 15.1. The summed E-state index contributed by atoms with van der Waals surface area (Å²) < 4.78 is 36.7. The maximum absolute atomic E-state index is 12.2.